The summed E-state index contributed by atoms with van der Waals surface area (Å²) in [6, 6.07) is 1.34. The number of halogens is 1. The van der Waals surface area contributed by atoms with Gasteiger partial charge >= 0.3 is 0 Å². The van der Waals surface area contributed by atoms with Gasteiger partial charge in [-0.15, -0.1) is 0 Å². The van der Waals surface area contributed by atoms with Crippen molar-refractivity contribution in [3.05, 3.63) is 23.6 Å². The third kappa shape index (κ3) is 2.76. The van der Waals surface area contributed by atoms with Crippen LogP contribution in [0, 0.1) is 17.7 Å². The number of hydrogen-bond acceptors (Lipinski definition) is 4. The topological polar surface area (TPSA) is 80.0 Å². The molecule has 1 amide bonds. The molecule has 1 saturated carbocycles. The molecule has 4 N–H and O–H groups in total. The van der Waals surface area contributed by atoms with Crippen molar-refractivity contribution in [2.75, 3.05) is 12.0 Å². The largest absolute Gasteiger partial charge is 0.352 e. The van der Waals surface area contributed by atoms with Crippen LogP contribution in [0.2, 0.25) is 0 Å². The fourth-order valence-corrected chi connectivity index (χ4v) is 1.90. The summed E-state index contributed by atoms with van der Waals surface area (Å²) in [6.07, 6.45) is 3.79. The minimum atomic E-state index is -0.725. The highest BCUT2D eigenvalue weighted by atomic mass is 19.1. The number of carbonyl (C=O) groups is 1. The number of hydrogen-bond donors (Lipinski definition) is 3. The van der Waals surface area contributed by atoms with Crippen molar-refractivity contribution in [3.63, 3.8) is 0 Å². The van der Waals surface area contributed by atoms with Crippen molar-refractivity contribution in [2.24, 2.45) is 17.7 Å². The van der Waals surface area contributed by atoms with Crippen LogP contribution in [-0.2, 0) is 0 Å². The number of anilines is 1. The van der Waals surface area contributed by atoms with Gasteiger partial charge in [0.05, 0.1) is 5.56 Å². The fourth-order valence-electron chi connectivity index (χ4n) is 1.90. The maximum Gasteiger partial charge on any atom is 0.254 e. The van der Waals surface area contributed by atoms with Crippen molar-refractivity contribution in [3.8, 4) is 0 Å². The van der Waals surface area contributed by atoms with Crippen LogP contribution in [0.4, 0.5) is 10.2 Å². The van der Waals surface area contributed by atoms with E-state index in [2.05, 4.69) is 22.7 Å². The molecule has 0 bridgehead atoms. The summed E-state index contributed by atoms with van der Waals surface area (Å²) in [4.78, 5) is 15.5. The Balaban J connectivity index is 1.99. The Kier molecular flexibility index (Phi) is 3.76. The van der Waals surface area contributed by atoms with Crippen molar-refractivity contribution in [1.29, 1.82) is 0 Å². The zero-order valence-corrected chi connectivity index (χ0v) is 10.2. The lowest BCUT2D eigenvalue weighted by Gasteiger charge is -2.12. The SMILES string of the molecule is CC(CNC(=O)c1ccnc(NN)c1F)C1CC1. The zero-order valence-electron chi connectivity index (χ0n) is 10.2. The summed E-state index contributed by atoms with van der Waals surface area (Å²) in [5.41, 5.74) is 2.08. The third-order valence-electron chi connectivity index (χ3n) is 3.28. The van der Waals surface area contributed by atoms with Crippen molar-refractivity contribution in [2.45, 2.75) is 19.8 Å². The van der Waals surface area contributed by atoms with E-state index in [1.165, 1.54) is 25.1 Å². The molecule has 0 spiro atoms. The highest BCUT2D eigenvalue weighted by Crippen LogP contribution is 2.36. The van der Waals surface area contributed by atoms with Gasteiger partial charge in [-0.2, -0.15) is 0 Å². The summed E-state index contributed by atoms with van der Waals surface area (Å²) in [5, 5.41) is 2.74. The average Bonchev–Trinajstić information content (AvgIpc) is 3.20. The number of pyridine rings is 1. The monoisotopic (exact) mass is 252 g/mol. The molecular weight excluding hydrogens is 235 g/mol. The van der Waals surface area contributed by atoms with E-state index in [0.717, 1.165) is 0 Å². The molecular formula is C12H17FN4O. The first-order valence-electron chi connectivity index (χ1n) is 6.02. The molecule has 1 heterocycles. The summed E-state index contributed by atoms with van der Waals surface area (Å²) >= 11 is 0. The second-order valence-corrected chi connectivity index (χ2v) is 4.69. The van der Waals surface area contributed by atoms with Crippen LogP contribution in [0.25, 0.3) is 0 Å². The summed E-state index contributed by atoms with van der Waals surface area (Å²) in [7, 11) is 0. The number of nitrogens with zero attached hydrogens (tertiary/aromatic N) is 1. The second-order valence-electron chi connectivity index (χ2n) is 4.69. The molecule has 2 rings (SSSR count). The van der Waals surface area contributed by atoms with Gasteiger partial charge in [-0.1, -0.05) is 6.92 Å². The van der Waals surface area contributed by atoms with E-state index in [1.807, 2.05) is 0 Å². The summed E-state index contributed by atoms with van der Waals surface area (Å²) in [5.74, 6) is 4.96. The predicted molar refractivity (Wildman–Crippen MR) is 66.2 cm³/mol. The van der Waals surface area contributed by atoms with Crippen molar-refractivity contribution in [1.82, 2.24) is 10.3 Å². The number of amides is 1. The number of carbonyl (C=O) groups excluding carboxylic acids is 1. The maximum absolute atomic E-state index is 13.8. The van der Waals surface area contributed by atoms with E-state index in [9.17, 15) is 9.18 Å². The normalized spacial score (nSPS) is 16.2. The van der Waals surface area contributed by atoms with E-state index in [4.69, 9.17) is 5.84 Å². The van der Waals surface area contributed by atoms with Crippen LogP contribution in [0.1, 0.15) is 30.1 Å². The van der Waals surface area contributed by atoms with Crippen LogP contribution in [0.3, 0.4) is 0 Å². The van der Waals surface area contributed by atoms with Gasteiger partial charge in [-0.05, 0) is 30.7 Å². The maximum atomic E-state index is 13.8. The molecule has 18 heavy (non-hydrogen) atoms. The number of nitrogens with two attached hydrogens (primary N) is 1. The Morgan fingerprint density at radius 3 is 3.00 bits per heavy atom. The van der Waals surface area contributed by atoms with E-state index in [0.29, 0.717) is 18.4 Å². The molecule has 1 aliphatic rings. The Morgan fingerprint density at radius 2 is 2.39 bits per heavy atom. The molecule has 5 nitrogen and oxygen atoms in total. The average molecular weight is 252 g/mol. The van der Waals surface area contributed by atoms with Crippen LogP contribution in [0.15, 0.2) is 12.3 Å². The number of aromatic nitrogens is 1. The Bertz CT molecular complexity index is 448. The molecule has 0 aromatic carbocycles. The first kappa shape index (κ1) is 12.8. The van der Waals surface area contributed by atoms with Crippen molar-refractivity contribution >= 4 is 11.7 Å². The van der Waals surface area contributed by atoms with Crippen LogP contribution < -0.4 is 16.6 Å². The van der Waals surface area contributed by atoms with Gasteiger partial charge in [0.15, 0.2) is 11.6 Å². The van der Waals surface area contributed by atoms with Crippen molar-refractivity contribution < 1.29 is 9.18 Å². The standard InChI is InChI=1S/C12H17FN4O/c1-7(8-2-3-8)6-16-12(18)9-4-5-15-11(17-14)10(9)13/h4-5,7-8H,2-3,6,14H2,1H3,(H,15,17)(H,16,18). The molecule has 1 fully saturated rings. The Morgan fingerprint density at radius 1 is 1.67 bits per heavy atom. The van der Waals surface area contributed by atoms with Crippen LogP contribution in [-0.4, -0.2) is 17.4 Å². The summed E-state index contributed by atoms with van der Waals surface area (Å²) in [6.45, 7) is 2.66. The van der Waals surface area contributed by atoms with E-state index in [-0.39, 0.29) is 11.4 Å². The highest BCUT2D eigenvalue weighted by Gasteiger charge is 2.28. The van der Waals surface area contributed by atoms with Gasteiger partial charge in [0.2, 0.25) is 0 Å². The lowest BCUT2D eigenvalue weighted by atomic mass is 10.1. The lowest BCUT2D eigenvalue weighted by Crippen LogP contribution is -2.30. The quantitative estimate of drug-likeness (QED) is 0.545. The number of nitrogens with one attached hydrogen (secondary N) is 2. The van der Waals surface area contributed by atoms with E-state index in [1.54, 1.807) is 0 Å². The predicted octanol–water partition coefficient (Wildman–Crippen LogP) is 1.28. The zero-order chi connectivity index (χ0) is 13.1. The Labute approximate surface area is 105 Å². The van der Waals surface area contributed by atoms with Crippen LogP contribution in [0.5, 0.6) is 0 Å². The third-order valence-corrected chi connectivity index (χ3v) is 3.28. The second kappa shape index (κ2) is 5.30. The molecule has 1 unspecified atom stereocenters. The Hall–Kier alpha value is -1.69. The van der Waals surface area contributed by atoms with E-state index >= 15 is 0 Å². The molecule has 1 aromatic heterocycles. The summed E-state index contributed by atoms with van der Waals surface area (Å²) < 4.78 is 13.8. The molecule has 0 radical (unpaired) electrons. The van der Waals surface area contributed by atoms with Gasteiger partial charge in [0.25, 0.3) is 5.91 Å². The molecule has 1 aromatic rings. The molecule has 0 saturated heterocycles. The first-order chi connectivity index (χ1) is 8.63. The number of nitrogen functional groups attached to an aromatic ring is 1. The van der Waals surface area contributed by atoms with Gasteiger partial charge in [0, 0.05) is 12.7 Å². The lowest BCUT2D eigenvalue weighted by molar-refractivity contribution is 0.0942. The minimum Gasteiger partial charge on any atom is -0.352 e. The molecule has 6 heteroatoms. The fraction of sp³-hybridized carbons (Fsp3) is 0.500. The number of rotatable bonds is 5. The smallest absolute Gasteiger partial charge is 0.254 e. The highest BCUT2D eigenvalue weighted by molar-refractivity contribution is 5.95. The molecule has 1 atom stereocenters. The van der Waals surface area contributed by atoms with Crippen LogP contribution >= 0.6 is 0 Å². The molecule has 98 valence electrons. The van der Waals surface area contributed by atoms with E-state index < -0.39 is 11.7 Å². The first-order valence-corrected chi connectivity index (χ1v) is 6.02. The van der Waals surface area contributed by atoms with Gasteiger partial charge in [-0.3, -0.25) is 4.79 Å². The van der Waals surface area contributed by atoms with Gasteiger partial charge in [0.1, 0.15) is 0 Å². The number of hydrazine groups is 1. The van der Waals surface area contributed by atoms with Gasteiger partial charge in [-0.25, -0.2) is 15.2 Å². The molecule has 0 aliphatic heterocycles. The molecule has 1 aliphatic carbocycles. The minimum absolute atomic E-state index is 0.0408. The van der Waals surface area contributed by atoms with Gasteiger partial charge < -0.3 is 10.7 Å².